The van der Waals surface area contributed by atoms with Crippen molar-refractivity contribution in [1.82, 2.24) is 9.97 Å². The van der Waals surface area contributed by atoms with Crippen molar-refractivity contribution in [2.75, 3.05) is 11.9 Å². The number of pyridine rings is 2. The fourth-order valence-corrected chi connectivity index (χ4v) is 2.00. The molecule has 0 saturated carbocycles. The van der Waals surface area contributed by atoms with Crippen LogP contribution in [0.3, 0.4) is 0 Å². The highest BCUT2D eigenvalue weighted by Crippen LogP contribution is 2.18. The molecule has 2 aromatic heterocycles. The van der Waals surface area contributed by atoms with E-state index in [4.69, 9.17) is 5.26 Å². The first-order valence-corrected chi connectivity index (χ1v) is 6.22. The van der Waals surface area contributed by atoms with Gasteiger partial charge in [-0.25, -0.2) is 0 Å². The molecule has 0 amide bonds. The summed E-state index contributed by atoms with van der Waals surface area (Å²) in [6.07, 6.45) is 4.50. The lowest BCUT2D eigenvalue weighted by molar-refractivity contribution is 0.997. The second-order valence-electron chi connectivity index (χ2n) is 4.42. The fourth-order valence-electron chi connectivity index (χ4n) is 2.00. The molecule has 0 spiro atoms. The molecule has 2 heterocycles. The lowest BCUT2D eigenvalue weighted by Crippen LogP contribution is -2.08. The van der Waals surface area contributed by atoms with Gasteiger partial charge in [0.15, 0.2) is 0 Å². The minimum atomic E-state index is 0.622. The van der Waals surface area contributed by atoms with Gasteiger partial charge in [-0.2, -0.15) is 5.26 Å². The van der Waals surface area contributed by atoms with Gasteiger partial charge in [-0.3, -0.25) is 9.97 Å². The number of hydrogen-bond acceptors (Lipinski definition) is 4. The number of aryl methyl sites for hydroxylation is 2. The Bertz CT molecular complexity index is 600. The van der Waals surface area contributed by atoms with Crippen LogP contribution in [0.1, 0.15) is 22.5 Å². The van der Waals surface area contributed by atoms with E-state index in [1.54, 1.807) is 6.20 Å². The molecule has 4 heteroatoms. The van der Waals surface area contributed by atoms with E-state index < -0.39 is 0 Å². The predicted molar refractivity (Wildman–Crippen MR) is 74.9 cm³/mol. The van der Waals surface area contributed by atoms with E-state index in [9.17, 15) is 0 Å². The Balaban J connectivity index is 2.06. The molecule has 96 valence electrons. The quantitative estimate of drug-likeness (QED) is 0.908. The highest BCUT2D eigenvalue weighted by molar-refractivity contribution is 5.59. The highest BCUT2D eigenvalue weighted by atomic mass is 14.9. The van der Waals surface area contributed by atoms with Crippen LogP contribution in [0.15, 0.2) is 30.6 Å². The van der Waals surface area contributed by atoms with Gasteiger partial charge in [-0.05, 0) is 38.0 Å². The predicted octanol–water partition coefficient (Wildman–Crippen LogP) is 2.62. The van der Waals surface area contributed by atoms with E-state index in [0.717, 1.165) is 30.0 Å². The van der Waals surface area contributed by atoms with Crippen LogP contribution in [-0.2, 0) is 6.42 Å². The van der Waals surface area contributed by atoms with Crippen LogP contribution in [0.2, 0.25) is 0 Å². The molecule has 0 aliphatic carbocycles. The van der Waals surface area contributed by atoms with Gasteiger partial charge in [0.1, 0.15) is 6.07 Å². The van der Waals surface area contributed by atoms with Crippen molar-refractivity contribution in [3.05, 3.63) is 53.1 Å². The van der Waals surface area contributed by atoms with E-state index in [-0.39, 0.29) is 0 Å². The second-order valence-corrected chi connectivity index (χ2v) is 4.42. The Kier molecular flexibility index (Phi) is 4.09. The van der Waals surface area contributed by atoms with Crippen molar-refractivity contribution >= 4 is 5.69 Å². The smallest absolute Gasteiger partial charge is 0.103 e. The van der Waals surface area contributed by atoms with E-state index >= 15 is 0 Å². The monoisotopic (exact) mass is 252 g/mol. The zero-order valence-corrected chi connectivity index (χ0v) is 11.1. The normalized spacial score (nSPS) is 9.95. The summed E-state index contributed by atoms with van der Waals surface area (Å²) in [5, 5.41) is 12.5. The van der Waals surface area contributed by atoms with E-state index in [2.05, 4.69) is 21.4 Å². The molecular formula is C15H16N4. The lowest BCUT2D eigenvalue weighted by Gasteiger charge is -2.10. The van der Waals surface area contributed by atoms with Gasteiger partial charge in [0.2, 0.25) is 0 Å². The number of hydrogen-bond donors (Lipinski definition) is 1. The standard InChI is InChI=1S/C15H16N4/c1-11-8-15(14(9-16)12(2)19-11)18-7-5-13-4-3-6-17-10-13/h3-4,6,8,10H,5,7H2,1-2H3,(H,18,19). The fraction of sp³-hybridized carbons (Fsp3) is 0.267. The average Bonchev–Trinajstić information content (AvgIpc) is 2.39. The number of anilines is 1. The molecule has 0 unspecified atom stereocenters. The summed E-state index contributed by atoms with van der Waals surface area (Å²) in [4.78, 5) is 8.38. The second kappa shape index (κ2) is 5.96. The van der Waals surface area contributed by atoms with Crippen LogP contribution in [0.5, 0.6) is 0 Å². The summed E-state index contributed by atoms with van der Waals surface area (Å²) in [5.41, 5.74) is 4.34. The van der Waals surface area contributed by atoms with Gasteiger partial charge in [0.25, 0.3) is 0 Å². The Morgan fingerprint density at radius 1 is 1.37 bits per heavy atom. The first-order chi connectivity index (χ1) is 9.20. The van der Waals surface area contributed by atoms with Crippen molar-refractivity contribution in [3.63, 3.8) is 0 Å². The molecule has 4 nitrogen and oxygen atoms in total. The average molecular weight is 252 g/mol. The molecule has 2 rings (SSSR count). The largest absolute Gasteiger partial charge is 0.384 e. The molecule has 1 N–H and O–H groups in total. The Hall–Kier alpha value is -2.41. The summed E-state index contributed by atoms with van der Waals surface area (Å²) in [7, 11) is 0. The molecule has 19 heavy (non-hydrogen) atoms. The van der Waals surface area contributed by atoms with Crippen LogP contribution >= 0.6 is 0 Å². The highest BCUT2D eigenvalue weighted by Gasteiger charge is 2.07. The van der Waals surface area contributed by atoms with Crippen LogP contribution in [-0.4, -0.2) is 16.5 Å². The summed E-state index contributed by atoms with van der Waals surface area (Å²) in [6.45, 7) is 4.56. The van der Waals surface area contributed by atoms with Gasteiger partial charge >= 0.3 is 0 Å². The first-order valence-electron chi connectivity index (χ1n) is 6.22. The summed E-state index contributed by atoms with van der Waals surface area (Å²) >= 11 is 0. The number of aromatic nitrogens is 2. The molecule has 0 saturated heterocycles. The molecule has 0 aromatic carbocycles. The molecule has 0 bridgehead atoms. The third-order valence-electron chi connectivity index (χ3n) is 2.89. The summed E-state index contributed by atoms with van der Waals surface area (Å²) < 4.78 is 0. The number of nitriles is 1. The van der Waals surface area contributed by atoms with Crippen molar-refractivity contribution < 1.29 is 0 Å². The molecule has 2 aromatic rings. The minimum Gasteiger partial charge on any atom is -0.384 e. The topological polar surface area (TPSA) is 61.6 Å². The molecule has 0 fully saturated rings. The van der Waals surface area contributed by atoms with Crippen LogP contribution in [0, 0.1) is 25.2 Å². The molecule has 0 aliphatic rings. The maximum atomic E-state index is 9.17. The van der Waals surface area contributed by atoms with Gasteiger partial charge in [-0.15, -0.1) is 0 Å². The van der Waals surface area contributed by atoms with E-state index in [1.807, 2.05) is 38.2 Å². The zero-order valence-electron chi connectivity index (χ0n) is 11.1. The summed E-state index contributed by atoms with van der Waals surface area (Å²) in [5.74, 6) is 0. The first kappa shape index (κ1) is 13.0. The van der Waals surface area contributed by atoms with Crippen molar-refractivity contribution in [3.8, 4) is 6.07 Å². The van der Waals surface area contributed by atoms with Gasteiger partial charge in [0, 0.05) is 24.6 Å². The maximum Gasteiger partial charge on any atom is 0.103 e. The SMILES string of the molecule is Cc1cc(NCCc2cccnc2)c(C#N)c(C)n1. The third kappa shape index (κ3) is 3.29. The van der Waals surface area contributed by atoms with Gasteiger partial charge in [0.05, 0.1) is 16.9 Å². The van der Waals surface area contributed by atoms with Gasteiger partial charge in [-0.1, -0.05) is 6.07 Å². The molecule has 0 radical (unpaired) electrons. The van der Waals surface area contributed by atoms with Crippen LogP contribution < -0.4 is 5.32 Å². The summed E-state index contributed by atoms with van der Waals surface area (Å²) in [6, 6.07) is 8.09. The van der Waals surface area contributed by atoms with Crippen LogP contribution in [0.4, 0.5) is 5.69 Å². The lowest BCUT2D eigenvalue weighted by atomic mass is 10.1. The molecule has 0 atom stereocenters. The number of nitrogens with one attached hydrogen (secondary N) is 1. The maximum absolute atomic E-state index is 9.17. The van der Waals surface area contributed by atoms with Gasteiger partial charge < -0.3 is 5.32 Å². The Morgan fingerprint density at radius 3 is 2.89 bits per heavy atom. The molecule has 0 aliphatic heterocycles. The Morgan fingerprint density at radius 2 is 2.21 bits per heavy atom. The van der Waals surface area contributed by atoms with Crippen molar-refractivity contribution in [2.24, 2.45) is 0 Å². The zero-order chi connectivity index (χ0) is 13.7. The number of rotatable bonds is 4. The van der Waals surface area contributed by atoms with E-state index in [1.165, 1.54) is 5.56 Å². The third-order valence-corrected chi connectivity index (χ3v) is 2.89. The number of nitrogens with zero attached hydrogens (tertiary/aromatic N) is 3. The molecular weight excluding hydrogens is 236 g/mol. The Labute approximate surface area is 113 Å². The minimum absolute atomic E-state index is 0.622. The van der Waals surface area contributed by atoms with Crippen molar-refractivity contribution in [1.29, 1.82) is 5.26 Å². The van der Waals surface area contributed by atoms with Crippen molar-refractivity contribution in [2.45, 2.75) is 20.3 Å². The van der Waals surface area contributed by atoms with E-state index in [0.29, 0.717) is 5.56 Å². The van der Waals surface area contributed by atoms with Crippen LogP contribution in [0.25, 0.3) is 0 Å².